The second-order valence-electron chi connectivity index (χ2n) is 11.6. The number of piperidine rings is 1. The summed E-state index contributed by atoms with van der Waals surface area (Å²) in [6, 6.07) is 8.13. The zero-order valence-corrected chi connectivity index (χ0v) is 24.3. The number of amides is 2. The standard InChI is InChI=1S/C32H33F6N3O3/c1-19-7-12-23(15-26(19)31(33,34)35)39-29(42)24-5-3-14-41(30(43)25-18-44-17-20(25)2)28(24)22-10-8-21(9-11-22)16-40-13-4-6-27(40)32(36,37)38/h7-12,15,17-18,24,27-28H,3-6,13-14,16H2,1-2H3,(H,39,42)/t24-,27?,28-/m0/s1. The van der Waals surface area contributed by atoms with Crippen molar-refractivity contribution in [2.24, 2.45) is 5.92 Å². The highest BCUT2D eigenvalue weighted by Gasteiger charge is 2.46. The Hall–Kier alpha value is -3.80. The third-order valence-electron chi connectivity index (χ3n) is 8.57. The van der Waals surface area contributed by atoms with Crippen molar-refractivity contribution in [2.75, 3.05) is 18.4 Å². The lowest BCUT2D eigenvalue weighted by molar-refractivity contribution is -0.177. The van der Waals surface area contributed by atoms with Gasteiger partial charge < -0.3 is 14.6 Å². The average Bonchev–Trinajstić information content (AvgIpc) is 3.62. The second-order valence-corrected chi connectivity index (χ2v) is 11.6. The lowest BCUT2D eigenvalue weighted by Gasteiger charge is -2.41. The number of benzene rings is 2. The molecule has 5 rings (SSSR count). The van der Waals surface area contributed by atoms with Gasteiger partial charge in [-0.1, -0.05) is 30.3 Å². The molecule has 3 atom stereocenters. The Balaban J connectivity index is 1.44. The van der Waals surface area contributed by atoms with Crippen LogP contribution in [-0.2, 0) is 17.5 Å². The van der Waals surface area contributed by atoms with Gasteiger partial charge >= 0.3 is 12.4 Å². The first-order valence-electron chi connectivity index (χ1n) is 14.5. The molecule has 3 heterocycles. The SMILES string of the molecule is Cc1cocc1C(=O)N1CCC[C@H](C(=O)Nc2ccc(C)c(C(F)(F)F)c2)[C@@H]1c1ccc(CN2CCCC2C(F)(F)F)cc1. The van der Waals surface area contributed by atoms with Crippen LogP contribution in [0.25, 0.3) is 0 Å². The molecule has 3 aromatic rings. The molecule has 1 N–H and O–H groups in total. The van der Waals surface area contributed by atoms with E-state index in [1.165, 1.54) is 36.5 Å². The summed E-state index contributed by atoms with van der Waals surface area (Å²) in [6.45, 7) is 3.81. The van der Waals surface area contributed by atoms with Crippen molar-refractivity contribution in [3.8, 4) is 0 Å². The lowest BCUT2D eigenvalue weighted by atomic mass is 9.83. The molecule has 12 heteroatoms. The van der Waals surface area contributed by atoms with Crippen LogP contribution in [0, 0.1) is 19.8 Å². The maximum absolute atomic E-state index is 13.7. The number of nitrogens with one attached hydrogen (secondary N) is 1. The van der Waals surface area contributed by atoms with Crippen LogP contribution in [0.15, 0.2) is 59.4 Å². The Bertz CT molecular complexity index is 1500. The molecule has 1 aromatic heterocycles. The van der Waals surface area contributed by atoms with E-state index in [9.17, 15) is 35.9 Å². The molecule has 6 nitrogen and oxygen atoms in total. The maximum atomic E-state index is 13.7. The van der Waals surface area contributed by atoms with Crippen LogP contribution >= 0.6 is 0 Å². The van der Waals surface area contributed by atoms with E-state index >= 15 is 0 Å². The van der Waals surface area contributed by atoms with Crippen molar-refractivity contribution in [3.63, 3.8) is 0 Å². The Morgan fingerprint density at radius 1 is 0.909 bits per heavy atom. The zero-order valence-electron chi connectivity index (χ0n) is 24.3. The number of hydrogen-bond acceptors (Lipinski definition) is 4. The summed E-state index contributed by atoms with van der Waals surface area (Å²) in [5, 5.41) is 2.63. The number of anilines is 1. The Kier molecular flexibility index (Phi) is 8.84. The van der Waals surface area contributed by atoms with Crippen LogP contribution in [0.1, 0.15) is 69.9 Å². The molecule has 0 saturated carbocycles. The van der Waals surface area contributed by atoms with Gasteiger partial charge in [-0.3, -0.25) is 14.5 Å². The number of aryl methyl sites for hydroxylation is 2. The summed E-state index contributed by atoms with van der Waals surface area (Å²) in [6.07, 6.45) is -4.79. The minimum Gasteiger partial charge on any atom is -0.471 e. The fourth-order valence-electron chi connectivity index (χ4n) is 6.33. The van der Waals surface area contributed by atoms with Crippen LogP contribution in [0.3, 0.4) is 0 Å². The zero-order chi connectivity index (χ0) is 31.8. The van der Waals surface area contributed by atoms with E-state index in [4.69, 9.17) is 4.42 Å². The third-order valence-corrected chi connectivity index (χ3v) is 8.57. The third kappa shape index (κ3) is 6.64. The molecule has 0 aliphatic carbocycles. The van der Waals surface area contributed by atoms with Gasteiger partial charge in [0, 0.05) is 18.8 Å². The monoisotopic (exact) mass is 621 g/mol. The van der Waals surface area contributed by atoms with E-state index in [2.05, 4.69) is 5.32 Å². The van der Waals surface area contributed by atoms with E-state index in [1.54, 1.807) is 36.1 Å². The molecule has 2 saturated heterocycles. The molecule has 0 radical (unpaired) electrons. The molecular formula is C32H33F6N3O3. The highest BCUT2D eigenvalue weighted by atomic mass is 19.4. The van der Waals surface area contributed by atoms with Crippen molar-refractivity contribution >= 4 is 17.5 Å². The predicted molar refractivity (Wildman–Crippen MR) is 151 cm³/mol. The largest absolute Gasteiger partial charge is 0.471 e. The summed E-state index contributed by atoms with van der Waals surface area (Å²) in [5.74, 6) is -1.71. The fraction of sp³-hybridized carbons (Fsp3) is 0.438. The van der Waals surface area contributed by atoms with Gasteiger partial charge in [0.1, 0.15) is 12.3 Å². The van der Waals surface area contributed by atoms with Crippen LogP contribution in [-0.4, -0.2) is 46.9 Å². The number of likely N-dealkylation sites (tertiary alicyclic amines) is 2. The predicted octanol–water partition coefficient (Wildman–Crippen LogP) is 7.67. The average molecular weight is 622 g/mol. The fourth-order valence-corrected chi connectivity index (χ4v) is 6.33. The number of carbonyl (C=O) groups excluding carboxylic acids is 2. The Morgan fingerprint density at radius 3 is 2.25 bits per heavy atom. The number of carbonyl (C=O) groups is 2. The van der Waals surface area contributed by atoms with E-state index in [1.807, 2.05) is 0 Å². The number of furan rings is 1. The van der Waals surface area contributed by atoms with Gasteiger partial charge in [0.15, 0.2) is 0 Å². The molecule has 236 valence electrons. The van der Waals surface area contributed by atoms with Gasteiger partial charge in [0.25, 0.3) is 5.91 Å². The van der Waals surface area contributed by atoms with Gasteiger partial charge in [0.05, 0.1) is 29.3 Å². The maximum Gasteiger partial charge on any atom is 0.416 e. The topological polar surface area (TPSA) is 65.8 Å². The first-order chi connectivity index (χ1) is 20.7. The molecule has 2 fully saturated rings. The molecule has 0 bridgehead atoms. The van der Waals surface area contributed by atoms with E-state index < -0.39 is 41.8 Å². The molecule has 0 spiro atoms. The molecule has 1 unspecified atom stereocenters. The number of halogens is 6. The number of hydrogen-bond donors (Lipinski definition) is 1. The smallest absolute Gasteiger partial charge is 0.416 e. The molecule has 2 aromatic carbocycles. The normalized spacial score (nSPS) is 21.5. The van der Waals surface area contributed by atoms with Crippen molar-refractivity contribution in [1.29, 1.82) is 0 Å². The molecule has 2 aliphatic heterocycles. The summed E-state index contributed by atoms with van der Waals surface area (Å²) in [5.41, 5.74) is 1.34. The summed E-state index contributed by atoms with van der Waals surface area (Å²) >= 11 is 0. The van der Waals surface area contributed by atoms with Crippen molar-refractivity contribution in [1.82, 2.24) is 9.80 Å². The summed E-state index contributed by atoms with van der Waals surface area (Å²) in [4.78, 5) is 30.4. The first-order valence-corrected chi connectivity index (χ1v) is 14.5. The molecule has 2 amide bonds. The van der Waals surface area contributed by atoms with Gasteiger partial charge in [-0.2, -0.15) is 26.3 Å². The summed E-state index contributed by atoms with van der Waals surface area (Å²) < 4.78 is 86.2. The van der Waals surface area contributed by atoms with Crippen LogP contribution in [0.4, 0.5) is 32.0 Å². The van der Waals surface area contributed by atoms with Gasteiger partial charge in [-0.05, 0) is 80.5 Å². The van der Waals surface area contributed by atoms with Crippen molar-refractivity contribution in [3.05, 3.63) is 88.4 Å². The van der Waals surface area contributed by atoms with Crippen LogP contribution in [0.5, 0.6) is 0 Å². The summed E-state index contributed by atoms with van der Waals surface area (Å²) in [7, 11) is 0. The van der Waals surface area contributed by atoms with Gasteiger partial charge in [-0.25, -0.2) is 0 Å². The van der Waals surface area contributed by atoms with Crippen molar-refractivity contribution < 1.29 is 40.3 Å². The quantitative estimate of drug-likeness (QED) is 0.287. The Labute approximate surface area is 251 Å². The molecule has 2 aliphatic rings. The van der Waals surface area contributed by atoms with E-state index in [0.717, 1.165) is 6.07 Å². The molecular weight excluding hydrogens is 588 g/mol. The van der Waals surface area contributed by atoms with Gasteiger partial charge in [0.2, 0.25) is 5.91 Å². The lowest BCUT2D eigenvalue weighted by Crippen LogP contribution is -2.46. The highest BCUT2D eigenvalue weighted by molar-refractivity contribution is 5.97. The minimum atomic E-state index is -4.60. The number of nitrogens with zero attached hydrogens (tertiary/aromatic N) is 2. The van der Waals surface area contributed by atoms with E-state index in [0.29, 0.717) is 54.6 Å². The number of alkyl halides is 6. The minimum absolute atomic E-state index is 0.0130. The second kappa shape index (κ2) is 12.3. The number of rotatable bonds is 6. The van der Waals surface area contributed by atoms with Crippen molar-refractivity contribution in [2.45, 2.75) is 70.5 Å². The molecule has 44 heavy (non-hydrogen) atoms. The first kappa shape index (κ1) is 31.6. The van der Waals surface area contributed by atoms with E-state index in [-0.39, 0.29) is 30.1 Å². The van der Waals surface area contributed by atoms with Crippen LogP contribution in [0.2, 0.25) is 0 Å². The van der Waals surface area contributed by atoms with Gasteiger partial charge in [-0.15, -0.1) is 0 Å². The highest BCUT2D eigenvalue weighted by Crippen LogP contribution is 2.40. The van der Waals surface area contributed by atoms with Crippen LogP contribution < -0.4 is 5.32 Å². The Morgan fingerprint density at radius 2 is 1.61 bits per heavy atom.